The minimum atomic E-state index is -0.490. The van der Waals surface area contributed by atoms with Gasteiger partial charge in [0, 0.05) is 0 Å². The van der Waals surface area contributed by atoms with Crippen LogP contribution in [0.2, 0.25) is 0 Å². The molecule has 0 spiro atoms. The van der Waals surface area contributed by atoms with E-state index in [0.29, 0.717) is 23.2 Å². The Labute approximate surface area is 106 Å². The summed E-state index contributed by atoms with van der Waals surface area (Å²) in [4.78, 5) is 0. The largest absolute Gasteiger partial charge is 0.390 e. The van der Waals surface area contributed by atoms with E-state index in [1.807, 2.05) is 0 Å². The maximum absolute atomic E-state index is 10.9. The summed E-state index contributed by atoms with van der Waals surface area (Å²) in [5.74, 6) is 1.42. The van der Waals surface area contributed by atoms with Gasteiger partial charge in [0.05, 0.1) is 5.60 Å². The van der Waals surface area contributed by atoms with Crippen molar-refractivity contribution in [2.75, 3.05) is 0 Å². The highest BCUT2D eigenvalue weighted by atomic mass is 16.3. The van der Waals surface area contributed by atoms with Crippen LogP contribution in [-0.4, -0.2) is 10.7 Å². The Hall–Kier alpha value is -0.300. The van der Waals surface area contributed by atoms with Crippen molar-refractivity contribution in [3.8, 4) is 0 Å². The van der Waals surface area contributed by atoms with Gasteiger partial charge in [-0.3, -0.25) is 0 Å². The summed E-state index contributed by atoms with van der Waals surface area (Å²) in [6.07, 6.45) is 7.17. The first kappa shape index (κ1) is 13.1. The second-order valence-corrected chi connectivity index (χ2v) is 7.34. The van der Waals surface area contributed by atoms with Gasteiger partial charge in [0.1, 0.15) is 0 Å². The summed E-state index contributed by atoms with van der Waals surface area (Å²) in [7, 11) is 0. The minimum absolute atomic E-state index is 0.334. The maximum atomic E-state index is 10.9. The molecule has 0 aromatic carbocycles. The van der Waals surface area contributed by atoms with Crippen LogP contribution >= 0.6 is 0 Å². The molecule has 1 fully saturated rings. The van der Waals surface area contributed by atoms with E-state index in [1.54, 1.807) is 0 Å². The number of aliphatic hydroxyl groups is 1. The SMILES string of the molecule is CC1=CC2C(CC1)C(C)(O)C(C)CCC2(C)C. The zero-order chi connectivity index (χ0) is 12.8. The van der Waals surface area contributed by atoms with Crippen LogP contribution in [-0.2, 0) is 0 Å². The third kappa shape index (κ3) is 2.19. The summed E-state index contributed by atoms with van der Waals surface area (Å²) in [5, 5.41) is 10.9. The van der Waals surface area contributed by atoms with Crippen molar-refractivity contribution in [2.45, 2.75) is 65.9 Å². The molecule has 1 heteroatoms. The Bertz CT molecular complexity index is 324. The quantitative estimate of drug-likeness (QED) is 0.626. The van der Waals surface area contributed by atoms with Gasteiger partial charge < -0.3 is 5.11 Å². The molecular formula is C16H28O. The molecule has 98 valence electrons. The van der Waals surface area contributed by atoms with E-state index in [9.17, 15) is 5.11 Å². The molecule has 0 amide bonds. The monoisotopic (exact) mass is 236 g/mol. The van der Waals surface area contributed by atoms with Crippen LogP contribution in [0.1, 0.15) is 60.3 Å². The lowest BCUT2D eigenvalue weighted by molar-refractivity contribution is -0.0687. The van der Waals surface area contributed by atoms with Gasteiger partial charge in [-0.05, 0) is 62.7 Å². The van der Waals surface area contributed by atoms with Crippen LogP contribution in [0, 0.1) is 23.2 Å². The highest BCUT2D eigenvalue weighted by Crippen LogP contribution is 2.52. The molecule has 17 heavy (non-hydrogen) atoms. The van der Waals surface area contributed by atoms with Crippen LogP contribution in [0.3, 0.4) is 0 Å². The number of rotatable bonds is 0. The Kier molecular flexibility index (Phi) is 3.18. The van der Waals surface area contributed by atoms with E-state index in [-0.39, 0.29) is 0 Å². The van der Waals surface area contributed by atoms with Crippen molar-refractivity contribution in [2.24, 2.45) is 23.2 Å². The molecule has 0 saturated heterocycles. The molecule has 0 radical (unpaired) electrons. The summed E-state index contributed by atoms with van der Waals surface area (Å²) >= 11 is 0. The summed E-state index contributed by atoms with van der Waals surface area (Å²) in [5.41, 5.74) is 1.36. The fourth-order valence-corrected chi connectivity index (χ4v) is 3.91. The third-order valence-corrected chi connectivity index (χ3v) is 5.62. The van der Waals surface area contributed by atoms with Gasteiger partial charge in [-0.25, -0.2) is 0 Å². The van der Waals surface area contributed by atoms with Crippen molar-refractivity contribution in [3.63, 3.8) is 0 Å². The average Bonchev–Trinajstić information content (AvgIpc) is 2.30. The zero-order valence-corrected chi connectivity index (χ0v) is 12.1. The van der Waals surface area contributed by atoms with E-state index in [1.165, 1.54) is 18.4 Å². The summed E-state index contributed by atoms with van der Waals surface area (Å²) in [6, 6.07) is 0. The van der Waals surface area contributed by atoms with Gasteiger partial charge in [-0.15, -0.1) is 0 Å². The van der Waals surface area contributed by atoms with Gasteiger partial charge in [0.25, 0.3) is 0 Å². The summed E-state index contributed by atoms with van der Waals surface area (Å²) in [6.45, 7) is 11.3. The fraction of sp³-hybridized carbons (Fsp3) is 0.875. The molecule has 1 nitrogen and oxygen atoms in total. The minimum Gasteiger partial charge on any atom is -0.390 e. The molecule has 0 aromatic heterocycles. The molecule has 4 unspecified atom stereocenters. The lowest BCUT2D eigenvalue weighted by atomic mass is 9.62. The number of hydrogen-bond donors (Lipinski definition) is 1. The topological polar surface area (TPSA) is 20.2 Å². The van der Waals surface area contributed by atoms with Gasteiger partial charge >= 0.3 is 0 Å². The molecule has 0 aromatic rings. The van der Waals surface area contributed by atoms with Crippen molar-refractivity contribution in [3.05, 3.63) is 11.6 Å². The molecule has 2 aliphatic rings. The van der Waals surface area contributed by atoms with Crippen LogP contribution in [0.5, 0.6) is 0 Å². The Balaban J connectivity index is 2.42. The van der Waals surface area contributed by atoms with E-state index in [0.717, 1.165) is 12.8 Å². The molecule has 0 aliphatic heterocycles. The lowest BCUT2D eigenvalue weighted by Gasteiger charge is -2.45. The van der Waals surface area contributed by atoms with Crippen molar-refractivity contribution in [1.29, 1.82) is 0 Å². The van der Waals surface area contributed by atoms with Gasteiger partial charge in [-0.2, -0.15) is 0 Å². The van der Waals surface area contributed by atoms with Crippen LogP contribution in [0.4, 0.5) is 0 Å². The van der Waals surface area contributed by atoms with Crippen LogP contribution < -0.4 is 0 Å². The van der Waals surface area contributed by atoms with Crippen LogP contribution in [0.25, 0.3) is 0 Å². The number of hydrogen-bond acceptors (Lipinski definition) is 1. The van der Waals surface area contributed by atoms with Crippen LogP contribution in [0.15, 0.2) is 11.6 Å². The molecule has 1 saturated carbocycles. The van der Waals surface area contributed by atoms with Gasteiger partial charge in [0.15, 0.2) is 0 Å². The third-order valence-electron chi connectivity index (χ3n) is 5.62. The number of allylic oxidation sites excluding steroid dienone is 2. The first-order valence-corrected chi connectivity index (χ1v) is 7.15. The highest BCUT2D eigenvalue weighted by Gasteiger charge is 2.49. The Morgan fingerprint density at radius 2 is 1.88 bits per heavy atom. The molecule has 0 heterocycles. The first-order chi connectivity index (χ1) is 7.75. The first-order valence-electron chi connectivity index (χ1n) is 7.15. The molecular weight excluding hydrogens is 208 g/mol. The smallest absolute Gasteiger partial charge is 0.0679 e. The van der Waals surface area contributed by atoms with Crippen molar-refractivity contribution >= 4 is 0 Å². The van der Waals surface area contributed by atoms with E-state index in [2.05, 4.69) is 40.7 Å². The molecule has 0 bridgehead atoms. The lowest BCUT2D eigenvalue weighted by Crippen LogP contribution is -2.46. The fourth-order valence-electron chi connectivity index (χ4n) is 3.91. The van der Waals surface area contributed by atoms with Gasteiger partial charge in [0.2, 0.25) is 0 Å². The summed E-state index contributed by atoms with van der Waals surface area (Å²) < 4.78 is 0. The zero-order valence-electron chi connectivity index (χ0n) is 12.1. The Morgan fingerprint density at radius 3 is 2.53 bits per heavy atom. The van der Waals surface area contributed by atoms with Gasteiger partial charge in [-0.1, -0.05) is 32.4 Å². The predicted octanol–water partition coefficient (Wildman–Crippen LogP) is 4.17. The number of fused-ring (bicyclic) bond motifs is 1. The maximum Gasteiger partial charge on any atom is 0.0679 e. The second kappa shape index (κ2) is 4.12. The molecule has 2 rings (SSSR count). The molecule has 1 N–H and O–H groups in total. The molecule has 2 aliphatic carbocycles. The standard InChI is InChI=1S/C16H28O/c1-11-6-7-13-14(10-11)15(3,4)9-8-12(2)16(13,5)17/h10,12-14,17H,6-9H2,1-5H3. The second-order valence-electron chi connectivity index (χ2n) is 7.34. The average molecular weight is 236 g/mol. The van der Waals surface area contributed by atoms with Crippen molar-refractivity contribution < 1.29 is 5.11 Å². The Morgan fingerprint density at radius 1 is 1.24 bits per heavy atom. The molecule has 4 atom stereocenters. The predicted molar refractivity (Wildman–Crippen MR) is 72.8 cm³/mol. The van der Waals surface area contributed by atoms with E-state index >= 15 is 0 Å². The normalized spacial score (nSPS) is 45.8. The van der Waals surface area contributed by atoms with Crippen molar-refractivity contribution in [1.82, 2.24) is 0 Å². The highest BCUT2D eigenvalue weighted by molar-refractivity contribution is 5.15. The van der Waals surface area contributed by atoms with E-state index < -0.39 is 5.60 Å². The van der Waals surface area contributed by atoms with E-state index in [4.69, 9.17) is 0 Å².